The molecule has 0 N–H and O–H groups in total. The van der Waals surface area contributed by atoms with Crippen molar-refractivity contribution in [1.29, 1.82) is 0 Å². The summed E-state index contributed by atoms with van der Waals surface area (Å²) in [7, 11) is -7.24. The van der Waals surface area contributed by atoms with Gasteiger partial charge in [0, 0.05) is 32.7 Å². The second kappa shape index (κ2) is 9.39. The Labute approximate surface area is 143 Å². The van der Waals surface area contributed by atoms with Gasteiger partial charge in [0.2, 0.25) is 0 Å². The second-order valence-electron chi connectivity index (χ2n) is 7.66. The molecule has 0 fully saturated rings. The van der Waals surface area contributed by atoms with E-state index < -0.39 is 43.5 Å². The fourth-order valence-corrected chi connectivity index (χ4v) is 15.7. The molecular formula is C12H36O5Si5. The predicted molar refractivity (Wildman–Crippen MR) is 105 cm³/mol. The Kier molecular flexibility index (Phi) is 9.77. The van der Waals surface area contributed by atoms with Crippen LogP contribution >= 0.6 is 0 Å². The first-order chi connectivity index (χ1) is 9.81. The van der Waals surface area contributed by atoms with Crippen molar-refractivity contribution in [2.45, 2.75) is 58.9 Å². The van der Waals surface area contributed by atoms with Crippen LogP contribution in [0, 0.1) is 0 Å². The molecule has 0 saturated heterocycles. The van der Waals surface area contributed by atoms with E-state index in [1.807, 2.05) is 13.1 Å². The Morgan fingerprint density at radius 3 is 1.41 bits per heavy atom. The largest absolute Gasteiger partial charge is 0.489 e. The van der Waals surface area contributed by atoms with Crippen LogP contribution in [0.5, 0.6) is 0 Å². The first-order valence-electron chi connectivity index (χ1n) is 8.04. The average molecular weight is 401 g/mol. The maximum atomic E-state index is 6.32. The van der Waals surface area contributed by atoms with E-state index in [9.17, 15) is 0 Å². The lowest BCUT2D eigenvalue weighted by Crippen LogP contribution is -2.59. The van der Waals surface area contributed by atoms with Crippen LogP contribution in [0.25, 0.3) is 0 Å². The fourth-order valence-electron chi connectivity index (χ4n) is 1.74. The second-order valence-corrected chi connectivity index (χ2v) is 24.2. The standard InChI is InChI=1S/C12H36O5Si5/c1-13-21(9,14-11-18(2)3)17-22(10,15-12-19(4)5)16-20(6,7)8/h18-19H,11-12H2,1-10H3. The van der Waals surface area contributed by atoms with Crippen molar-refractivity contribution < 1.29 is 21.5 Å². The van der Waals surface area contributed by atoms with Crippen LogP contribution in [0.3, 0.4) is 0 Å². The molecule has 134 valence electrons. The van der Waals surface area contributed by atoms with Gasteiger partial charge < -0.3 is 21.5 Å². The summed E-state index contributed by atoms with van der Waals surface area (Å²) in [6, 6.07) is 0. The Morgan fingerprint density at radius 2 is 1.09 bits per heavy atom. The van der Waals surface area contributed by atoms with Gasteiger partial charge in [-0.3, -0.25) is 0 Å². The SMILES string of the molecule is CO[Si](C)(OC[SiH](C)C)O[Si](C)(OC[SiH](C)C)O[Si](C)(C)C. The first-order valence-corrected chi connectivity index (χ1v) is 22.1. The molecule has 0 saturated carbocycles. The molecule has 0 aliphatic rings. The van der Waals surface area contributed by atoms with Gasteiger partial charge in [-0.1, -0.05) is 26.2 Å². The van der Waals surface area contributed by atoms with Gasteiger partial charge in [0.05, 0.1) is 17.6 Å². The van der Waals surface area contributed by atoms with E-state index in [0.29, 0.717) is 0 Å². The predicted octanol–water partition coefficient (Wildman–Crippen LogP) is 2.72. The van der Waals surface area contributed by atoms with E-state index in [0.717, 1.165) is 12.5 Å². The summed E-state index contributed by atoms with van der Waals surface area (Å²) in [5.41, 5.74) is 0. The van der Waals surface area contributed by atoms with Gasteiger partial charge in [0.15, 0.2) is 8.32 Å². The minimum absolute atomic E-state index is 0.757. The number of hydrogen-bond donors (Lipinski definition) is 0. The lowest BCUT2D eigenvalue weighted by Gasteiger charge is -2.38. The maximum Gasteiger partial charge on any atom is 0.489 e. The minimum Gasteiger partial charge on any atom is -0.416 e. The molecule has 0 rings (SSSR count). The quantitative estimate of drug-likeness (QED) is 0.499. The number of rotatable bonds is 11. The molecule has 5 nitrogen and oxygen atoms in total. The van der Waals surface area contributed by atoms with Gasteiger partial charge in [0.1, 0.15) is 0 Å². The molecular weight excluding hydrogens is 365 g/mol. The van der Waals surface area contributed by atoms with Crippen LogP contribution in [-0.2, 0) is 21.5 Å². The molecule has 0 amide bonds. The van der Waals surface area contributed by atoms with Gasteiger partial charge in [-0.05, 0) is 19.6 Å². The summed E-state index contributed by atoms with van der Waals surface area (Å²) in [4.78, 5) is 0. The van der Waals surface area contributed by atoms with Crippen molar-refractivity contribution in [2.75, 3.05) is 19.6 Å². The van der Waals surface area contributed by atoms with Crippen molar-refractivity contribution in [3.05, 3.63) is 0 Å². The molecule has 0 aromatic rings. The summed E-state index contributed by atoms with van der Waals surface area (Å²) in [5, 5.41) is 0. The zero-order valence-corrected chi connectivity index (χ0v) is 21.4. The number of hydrogen-bond acceptors (Lipinski definition) is 5. The van der Waals surface area contributed by atoms with E-state index in [1.54, 1.807) is 7.11 Å². The first kappa shape index (κ1) is 22.9. The van der Waals surface area contributed by atoms with E-state index in [2.05, 4.69) is 45.8 Å². The van der Waals surface area contributed by atoms with Crippen LogP contribution in [0.1, 0.15) is 0 Å². The van der Waals surface area contributed by atoms with E-state index in [4.69, 9.17) is 21.5 Å². The molecule has 0 aromatic heterocycles. The molecule has 2 unspecified atom stereocenters. The van der Waals surface area contributed by atoms with Gasteiger partial charge >= 0.3 is 17.6 Å². The summed E-state index contributed by atoms with van der Waals surface area (Å²) >= 11 is 0. The van der Waals surface area contributed by atoms with E-state index in [1.165, 1.54) is 0 Å². The topological polar surface area (TPSA) is 46.2 Å². The summed E-state index contributed by atoms with van der Waals surface area (Å²) < 4.78 is 30.4. The zero-order valence-electron chi connectivity index (χ0n) is 16.1. The molecule has 22 heavy (non-hydrogen) atoms. The highest BCUT2D eigenvalue weighted by atomic mass is 28.5. The normalized spacial score (nSPS) is 18.5. The van der Waals surface area contributed by atoms with Gasteiger partial charge in [-0.15, -0.1) is 0 Å². The Balaban J connectivity index is 5.05. The molecule has 10 heteroatoms. The van der Waals surface area contributed by atoms with Crippen LogP contribution in [0.2, 0.25) is 58.9 Å². The highest BCUT2D eigenvalue weighted by molar-refractivity contribution is 6.83. The third-order valence-electron chi connectivity index (χ3n) is 2.59. The lowest BCUT2D eigenvalue weighted by atomic mass is 11.7. The molecule has 0 bridgehead atoms. The monoisotopic (exact) mass is 400 g/mol. The molecule has 0 heterocycles. The van der Waals surface area contributed by atoms with Crippen molar-refractivity contribution in [3.63, 3.8) is 0 Å². The summed E-state index contributed by atoms with van der Waals surface area (Å²) in [6.07, 6.45) is 1.52. The smallest absolute Gasteiger partial charge is 0.416 e. The lowest BCUT2D eigenvalue weighted by molar-refractivity contribution is 0.103. The van der Waals surface area contributed by atoms with Crippen molar-refractivity contribution in [1.82, 2.24) is 0 Å². The Bertz CT molecular complexity index is 326. The minimum atomic E-state index is -2.75. The molecule has 0 aliphatic carbocycles. The molecule has 0 aromatic carbocycles. The van der Waals surface area contributed by atoms with Crippen molar-refractivity contribution in [2.24, 2.45) is 0 Å². The molecule has 0 radical (unpaired) electrons. The van der Waals surface area contributed by atoms with E-state index >= 15 is 0 Å². The van der Waals surface area contributed by atoms with Crippen LogP contribution in [0.15, 0.2) is 0 Å². The summed E-state index contributed by atoms with van der Waals surface area (Å²) in [5.74, 6) is 0. The van der Waals surface area contributed by atoms with Crippen molar-refractivity contribution >= 4 is 43.5 Å². The zero-order chi connectivity index (χ0) is 17.6. The fraction of sp³-hybridized carbons (Fsp3) is 1.00. The third kappa shape index (κ3) is 10.6. The van der Waals surface area contributed by atoms with Gasteiger partial charge in [0.25, 0.3) is 0 Å². The van der Waals surface area contributed by atoms with Gasteiger partial charge in [-0.25, -0.2) is 0 Å². The van der Waals surface area contributed by atoms with Crippen LogP contribution in [0.4, 0.5) is 0 Å². The average Bonchev–Trinajstić information content (AvgIpc) is 2.32. The van der Waals surface area contributed by atoms with E-state index in [-0.39, 0.29) is 0 Å². The Hall–Kier alpha value is 0.884. The highest BCUT2D eigenvalue weighted by Crippen LogP contribution is 2.23. The van der Waals surface area contributed by atoms with Gasteiger partial charge in [-0.2, -0.15) is 0 Å². The van der Waals surface area contributed by atoms with Crippen molar-refractivity contribution in [3.8, 4) is 0 Å². The molecule has 0 aliphatic heterocycles. The maximum absolute atomic E-state index is 6.32. The van der Waals surface area contributed by atoms with Crippen LogP contribution < -0.4 is 0 Å². The molecule has 0 spiro atoms. The highest BCUT2D eigenvalue weighted by Gasteiger charge is 2.49. The van der Waals surface area contributed by atoms with Crippen LogP contribution in [-0.4, -0.2) is 63.1 Å². The Morgan fingerprint density at radius 1 is 0.682 bits per heavy atom. The summed E-state index contributed by atoms with van der Waals surface area (Å²) in [6.45, 7) is 19.4. The molecule has 2 atom stereocenters. The third-order valence-corrected chi connectivity index (χ3v) is 13.9.